The zero-order chi connectivity index (χ0) is 15.6. The molecule has 0 spiro atoms. The molecule has 0 aromatic heterocycles. The van der Waals surface area contributed by atoms with E-state index in [1.54, 1.807) is 0 Å². The highest BCUT2D eigenvalue weighted by Crippen LogP contribution is 2.14. The Morgan fingerprint density at radius 1 is 0.952 bits per heavy atom. The van der Waals surface area contributed by atoms with Gasteiger partial charge in [-0.1, -0.05) is 44.7 Å². The number of hydrogen-bond donors (Lipinski definition) is 0. The van der Waals surface area contributed by atoms with E-state index in [4.69, 9.17) is 8.92 Å². The fourth-order valence-corrected chi connectivity index (χ4v) is 2.34. The van der Waals surface area contributed by atoms with Gasteiger partial charge < -0.3 is 4.74 Å². The smallest absolute Gasteiger partial charge is 0.264 e. The van der Waals surface area contributed by atoms with Crippen molar-refractivity contribution in [2.75, 3.05) is 19.5 Å². The van der Waals surface area contributed by atoms with E-state index in [9.17, 15) is 8.42 Å². The van der Waals surface area contributed by atoms with Crippen molar-refractivity contribution in [3.8, 4) is 5.75 Å². The summed E-state index contributed by atoms with van der Waals surface area (Å²) in [5.41, 5.74) is 1.04. The van der Waals surface area contributed by atoms with Crippen molar-refractivity contribution in [2.24, 2.45) is 0 Å². The first-order valence-corrected chi connectivity index (χ1v) is 9.39. The van der Waals surface area contributed by atoms with Crippen LogP contribution in [0.25, 0.3) is 0 Å². The van der Waals surface area contributed by atoms with Crippen molar-refractivity contribution in [1.29, 1.82) is 0 Å². The molecule has 0 amide bonds. The molecule has 5 heteroatoms. The monoisotopic (exact) mass is 314 g/mol. The number of hydrogen-bond acceptors (Lipinski definition) is 4. The minimum absolute atomic E-state index is 0.177. The zero-order valence-corrected chi connectivity index (χ0v) is 13.8. The molecular weight excluding hydrogens is 288 g/mol. The molecule has 0 aliphatic heterocycles. The minimum Gasteiger partial charge on any atom is -0.494 e. The molecule has 4 nitrogen and oxygen atoms in total. The Kier molecular flexibility index (Phi) is 8.38. The van der Waals surface area contributed by atoms with Gasteiger partial charge in [0, 0.05) is 0 Å². The fourth-order valence-electron chi connectivity index (χ4n) is 1.96. The van der Waals surface area contributed by atoms with E-state index in [2.05, 4.69) is 6.92 Å². The van der Waals surface area contributed by atoms with Gasteiger partial charge in [0.2, 0.25) is 0 Å². The molecule has 0 radical (unpaired) electrons. The van der Waals surface area contributed by atoms with Crippen LogP contribution in [0.2, 0.25) is 0 Å². The Morgan fingerprint density at radius 3 is 2.24 bits per heavy atom. The minimum atomic E-state index is -3.35. The number of unbranched alkanes of at least 4 members (excludes halogenated alkanes) is 4. The molecule has 21 heavy (non-hydrogen) atoms. The SMILES string of the molecule is CCCCCCCOc1ccc(CCOS(C)(=O)=O)cc1. The lowest BCUT2D eigenvalue weighted by molar-refractivity contribution is 0.304. The van der Waals surface area contributed by atoms with Crippen LogP contribution in [-0.4, -0.2) is 27.9 Å². The lowest BCUT2D eigenvalue weighted by Gasteiger charge is -2.07. The second-order valence-electron chi connectivity index (χ2n) is 5.18. The summed E-state index contributed by atoms with van der Waals surface area (Å²) in [6, 6.07) is 7.72. The van der Waals surface area contributed by atoms with Crippen LogP contribution in [0.1, 0.15) is 44.6 Å². The maximum Gasteiger partial charge on any atom is 0.264 e. The van der Waals surface area contributed by atoms with Crippen LogP contribution >= 0.6 is 0 Å². The standard InChI is InChI=1S/C16H26O4S/c1-3-4-5-6-7-13-19-16-10-8-15(9-11-16)12-14-20-21(2,17)18/h8-11H,3-7,12-14H2,1-2H3. The lowest BCUT2D eigenvalue weighted by atomic mass is 10.1. The van der Waals surface area contributed by atoms with Crippen LogP contribution in [0.3, 0.4) is 0 Å². The lowest BCUT2D eigenvalue weighted by Crippen LogP contribution is -2.06. The van der Waals surface area contributed by atoms with Crippen molar-refractivity contribution in [2.45, 2.75) is 45.4 Å². The summed E-state index contributed by atoms with van der Waals surface area (Å²) in [5.74, 6) is 0.860. The zero-order valence-electron chi connectivity index (χ0n) is 13.0. The molecular formula is C16H26O4S. The molecule has 0 saturated heterocycles. The summed E-state index contributed by atoms with van der Waals surface area (Å²) in [6.45, 7) is 3.13. The third kappa shape index (κ3) is 9.47. The maximum atomic E-state index is 10.8. The molecule has 0 unspecified atom stereocenters. The van der Waals surface area contributed by atoms with E-state index < -0.39 is 10.1 Å². The van der Waals surface area contributed by atoms with Crippen molar-refractivity contribution in [3.63, 3.8) is 0 Å². The van der Waals surface area contributed by atoms with E-state index in [1.807, 2.05) is 24.3 Å². The van der Waals surface area contributed by atoms with Crippen LogP contribution in [-0.2, 0) is 20.7 Å². The molecule has 120 valence electrons. The molecule has 1 aromatic carbocycles. The number of rotatable bonds is 11. The predicted molar refractivity (Wildman–Crippen MR) is 85.2 cm³/mol. The molecule has 0 fully saturated rings. The van der Waals surface area contributed by atoms with Gasteiger partial charge in [-0.15, -0.1) is 0 Å². The Labute approximate surface area is 128 Å². The molecule has 1 aromatic rings. The second-order valence-corrected chi connectivity index (χ2v) is 6.83. The summed E-state index contributed by atoms with van der Waals surface area (Å²) >= 11 is 0. The molecule has 0 bridgehead atoms. The Hall–Kier alpha value is -1.07. The second kappa shape index (κ2) is 9.79. The van der Waals surface area contributed by atoms with Gasteiger partial charge in [0.1, 0.15) is 5.75 Å². The first-order valence-electron chi connectivity index (χ1n) is 7.57. The van der Waals surface area contributed by atoms with E-state index in [0.29, 0.717) is 6.42 Å². The van der Waals surface area contributed by atoms with Gasteiger partial charge in [0.15, 0.2) is 0 Å². The summed E-state index contributed by atoms with van der Waals surface area (Å²) in [5, 5.41) is 0. The summed E-state index contributed by atoms with van der Waals surface area (Å²) in [6.07, 6.45) is 7.77. The van der Waals surface area contributed by atoms with Gasteiger partial charge >= 0.3 is 0 Å². The molecule has 0 aliphatic carbocycles. The largest absolute Gasteiger partial charge is 0.494 e. The summed E-state index contributed by atoms with van der Waals surface area (Å²) < 4.78 is 32.1. The highest BCUT2D eigenvalue weighted by Gasteiger charge is 2.02. The van der Waals surface area contributed by atoms with Crippen LogP contribution in [0, 0.1) is 0 Å². The van der Waals surface area contributed by atoms with Crippen molar-refractivity contribution in [3.05, 3.63) is 29.8 Å². The van der Waals surface area contributed by atoms with E-state index in [0.717, 1.165) is 30.6 Å². The van der Waals surface area contributed by atoms with Gasteiger partial charge in [-0.05, 0) is 30.5 Å². The van der Waals surface area contributed by atoms with E-state index >= 15 is 0 Å². The van der Waals surface area contributed by atoms with Gasteiger partial charge in [-0.2, -0.15) is 8.42 Å². The molecule has 1 rings (SSSR count). The van der Waals surface area contributed by atoms with Gasteiger partial charge in [-0.3, -0.25) is 4.18 Å². The van der Waals surface area contributed by atoms with Crippen LogP contribution in [0.15, 0.2) is 24.3 Å². The van der Waals surface area contributed by atoms with Crippen molar-refractivity contribution < 1.29 is 17.3 Å². The predicted octanol–water partition coefficient (Wildman–Crippen LogP) is 3.55. The Bertz CT molecular complexity index is 480. The number of benzene rings is 1. The molecule has 0 heterocycles. The quantitative estimate of drug-likeness (QED) is 0.463. The maximum absolute atomic E-state index is 10.8. The molecule has 0 atom stereocenters. The number of ether oxygens (including phenoxy) is 1. The third-order valence-electron chi connectivity index (χ3n) is 3.13. The topological polar surface area (TPSA) is 52.6 Å². The molecule has 0 N–H and O–H groups in total. The first-order chi connectivity index (χ1) is 10.0. The van der Waals surface area contributed by atoms with Crippen LogP contribution in [0.4, 0.5) is 0 Å². The van der Waals surface area contributed by atoms with Crippen LogP contribution in [0.5, 0.6) is 5.75 Å². The average molecular weight is 314 g/mol. The van der Waals surface area contributed by atoms with Gasteiger partial charge in [0.25, 0.3) is 10.1 Å². The van der Waals surface area contributed by atoms with Gasteiger partial charge in [0.05, 0.1) is 19.5 Å². The molecule has 0 aliphatic rings. The Morgan fingerprint density at radius 2 is 1.62 bits per heavy atom. The molecule has 0 saturated carbocycles. The fraction of sp³-hybridized carbons (Fsp3) is 0.625. The van der Waals surface area contributed by atoms with Crippen molar-refractivity contribution in [1.82, 2.24) is 0 Å². The first kappa shape index (κ1) is 18.0. The van der Waals surface area contributed by atoms with Gasteiger partial charge in [-0.25, -0.2) is 0 Å². The van der Waals surface area contributed by atoms with E-state index in [-0.39, 0.29) is 6.61 Å². The summed E-state index contributed by atoms with van der Waals surface area (Å²) in [4.78, 5) is 0. The highest BCUT2D eigenvalue weighted by atomic mass is 32.2. The Balaban J connectivity index is 2.21. The average Bonchev–Trinajstić information content (AvgIpc) is 2.43. The highest BCUT2D eigenvalue weighted by molar-refractivity contribution is 7.85. The third-order valence-corrected chi connectivity index (χ3v) is 3.72. The van der Waals surface area contributed by atoms with E-state index in [1.165, 1.54) is 25.7 Å². The van der Waals surface area contributed by atoms with Crippen molar-refractivity contribution >= 4 is 10.1 Å². The normalized spacial score (nSPS) is 11.5. The van der Waals surface area contributed by atoms with Crippen LogP contribution < -0.4 is 4.74 Å². The summed E-state index contributed by atoms with van der Waals surface area (Å²) in [7, 11) is -3.35.